The zero-order valence-corrected chi connectivity index (χ0v) is 20.1. The third-order valence-corrected chi connectivity index (χ3v) is 5.11. The number of aryl methyl sites for hydroxylation is 1. The number of aromatic nitrogens is 3. The van der Waals surface area contributed by atoms with Gasteiger partial charge >= 0.3 is 0 Å². The van der Waals surface area contributed by atoms with E-state index in [0.29, 0.717) is 6.54 Å². The van der Waals surface area contributed by atoms with Crippen LogP contribution in [0.4, 0.5) is 0 Å². The predicted molar refractivity (Wildman–Crippen MR) is 131 cm³/mol. The van der Waals surface area contributed by atoms with Crippen LogP contribution in [0.1, 0.15) is 29.0 Å². The molecule has 2 heterocycles. The number of thiazole rings is 1. The molecule has 0 saturated carbocycles. The molecule has 0 radical (unpaired) electrons. The number of hydrogen-bond donors (Lipinski definition) is 2. The quantitative estimate of drug-likeness (QED) is 0.255. The normalized spacial score (nSPS) is 11.2. The van der Waals surface area contributed by atoms with Gasteiger partial charge in [-0.2, -0.15) is 0 Å². The van der Waals surface area contributed by atoms with E-state index in [1.165, 1.54) is 5.56 Å². The van der Waals surface area contributed by atoms with Crippen LogP contribution >= 0.6 is 35.3 Å². The summed E-state index contributed by atoms with van der Waals surface area (Å²) in [6.45, 7) is 7.30. The topological polar surface area (TPSA) is 67.1 Å². The molecular weight excluding hydrogens is 495 g/mol. The standard InChI is InChI=1S/C21H28N6S.HI/c1-3-22-21(24-11-9-19-16-28-17(2)26-19)25-12-10-20-23-13-14-27(20)15-18-7-5-4-6-8-18;/h4-8,13-14,16H,3,9-12,15H2,1-2H3,(H2,22,24,25);1H. The molecule has 6 nitrogen and oxygen atoms in total. The van der Waals surface area contributed by atoms with Gasteiger partial charge in [0.1, 0.15) is 5.82 Å². The van der Waals surface area contributed by atoms with Crippen molar-refractivity contribution in [1.29, 1.82) is 0 Å². The van der Waals surface area contributed by atoms with Crippen LogP contribution < -0.4 is 10.6 Å². The molecule has 0 aliphatic rings. The minimum Gasteiger partial charge on any atom is -0.357 e. The van der Waals surface area contributed by atoms with E-state index in [2.05, 4.69) is 61.7 Å². The zero-order valence-electron chi connectivity index (χ0n) is 17.0. The van der Waals surface area contributed by atoms with Crippen molar-refractivity contribution >= 4 is 41.3 Å². The lowest BCUT2D eigenvalue weighted by Gasteiger charge is -2.11. The van der Waals surface area contributed by atoms with Crippen LogP contribution in [-0.2, 0) is 19.4 Å². The van der Waals surface area contributed by atoms with Gasteiger partial charge in [-0.3, -0.25) is 4.99 Å². The third kappa shape index (κ3) is 7.77. The van der Waals surface area contributed by atoms with Crippen LogP contribution in [0, 0.1) is 6.92 Å². The average Bonchev–Trinajstić information content (AvgIpc) is 3.31. The fourth-order valence-corrected chi connectivity index (χ4v) is 3.58. The van der Waals surface area contributed by atoms with E-state index in [0.717, 1.165) is 55.0 Å². The highest BCUT2D eigenvalue weighted by molar-refractivity contribution is 14.0. The Morgan fingerprint density at radius 2 is 2.00 bits per heavy atom. The molecule has 0 unspecified atom stereocenters. The van der Waals surface area contributed by atoms with Crippen molar-refractivity contribution in [2.45, 2.75) is 33.2 Å². The van der Waals surface area contributed by atoms with Gasteiger partial charge in [0.25, 0.3) is 0 Å². The second-order valence-corrected chi connectivity index (χ2v) is 7.56. The number of aliphatic imine (C=N–C) groups is 1. The highest BCUT2D eigenvalue weighted by Crippen LogP contribution is 2.08. The maximum Gasteiger partial charge on any atom is 0.191 e. The Kier molecular flexibility index (Phi) is 10.1. The van der Waals surface area contributed by atoms with Gasteiger partial charge in [0.15, 0.2) is 5.96 Å². The summed E-state index contributed by atoms with van der Waals surface area (Å²) in [6.07, 6.45) is 5.60. The number of halogens is 1. The molecule has 0 aliphatic heterocycles. The molecule has 0 aliphatic carbocycles. The monoisotopic (exact) mass is 524 g/mol. The molecule has 2 N–H and O–H groups in total. The van der Waals surface area contributed by atoms with E-state index in [-0.39, 0.29) is 24.0 Å². The van der Waals surface area contributed by atoms with E-state index in [1.807, 2.05) is 25.4 Å². The zero-order chi connectivity index (χ0) is 19.6. The maximum absolute atomic E-state index is 4.70. The van der Waals surface area contributed by atoms with Crippen molar-refractivity contribution in [2.24, 2.45) is 4.99 Å². The summed E-state index contributed by atoms with van der Waals surface area (Å²) in [5.74, 6) is 1.90. The van der Waals surface area contributed by atoms with Crippen LogP contribution in [0.5, 0.6) is 0 Å². The maximum atomic E-state index is 4.70. The van der Waals surface area contributed by atoms with Crippen LogP contribution in [-0.4, -0.2) is 40.1 Å². The summed E-state index contributed by atoms with van der Waals surface area (Å²) >= 11 is 1.69. The first-order chi connectivity index (χ1) is 13.7. The number of nitrogens with zero attached hydrogens (tertiary/aromatic N) is 4. The van der Waals surface area contributed by atoms with E-state index in [1.54, 1.807) is 11.3 Å². The van der Waals surface area contributed by atoms with Gasteiger partial charge in [0.2, 0.25) is 0 Å². The minimum atomic E-state index is 0. The summed E-state index contributed by atoms with van der Waals surface area (Å²) in [4.78, 5) is 13.7. The molecule has 3 rings (SSSR count). The highest BCUT2D eigenvalue weighted by Gasteiger charge is 2.04. The molecule has 156 valence electrons. The van der Waals surface area contributed by atoms with Gasteiger partial charge in [0, 0.05) is 56.8 Å². The van der Waals surface area contributed by atoms with Gasteiger partial charge in [0.05, 0.1) is 10.7 Å². The molecule has 0 saturated heterocycles. The molecule has 8 heteroatoms. The van der Waals surface area contributed by atoms with Crippen molar-refractivity contribution in [1.82, 2.24) is 25.2 Å². The van der Waals surface area contributed by atoms with Gasteiger partial charge in [-0.15, -0.1) is 35.3 Å². The molecule has 0 spiro atoms. The summed E-state index contributed by atoms with van der Waals surface area (Å²) in [7, 11) is 0. The fraction of sp³-hybridized carbons (Fsp3) is 0.381. The predicted octanol–water partition coefficient (Wildman–Crippen LogP) is 3.65. The molecule has 1 aromatic carbocycles. The lowest BCUT2D eigenvalue weighted by molar-refractivity contribution is 0.712. The lowest BCUT2D eigenvalue weighted by atomic mass is 10.2. The molecule has 0 amide bonds. The average molecular weight is 524 g/mol. The van der Waals surface area contributed by atoms with Gasteiger partial charge < -0.3 is 15.2 Å². The molecule has 0 fully saturated rings. The molecular formula is C21H29IN6S. The molecule has 0 bridgehead atoms. The molecule has 29 heavy (non-hydrogen) atoms. The Morgan fingerprint density at radius 1 is 1.17 bits per heavy atom. The van der Waals surface area contributed by atoms with Gasteiger partial charge in [-0.25, -0.2) is 9.97 Å². The van der Waals surface area contributed by atoms with E-state index >= 15 is 0 Å². The van der Waals surface area contributed by atoms with Gasteiger partial charge in [-0.05, 0) is 19.4 Å². The van der Waals surface area contributed by atoms with Gasteiger partial charge in [-0.1, -0.05) is 30.3 Å². The minimum absolute atomic E-state index is 0. The Hall–Kier alpha value is -1.94. The number of nitrogens with one attached hydrogen (secondary N) is 2. The van der Waals surface area contributed by atoms with Crippen LogP contribution in [0.25, 0.3) is 0 Å². The van der Waals surface area contributed by atoms with E-state index < -0.39 is 0 Å². The largest absolute Gasteiger partial charge is 0.357 e. The number of benzene rings is 1. The van der Waals surface area contributed by atoms with Crippen molar-refractivity contribution in [2.75, 3.05) is 19.6 Å². The first-order valence-electron chi connectivity index (χ1n) is 9.71. The van der Waals surface area contributed by atoms with Crippen LogP contribution in [0.2, 0.25) is 0 Å². The van der Waals surface area contributed by atoms with Crippen LogP contribution in [0.15, 0.2) is 53.1 Å². The van der Waals surface area contributed by atoms with Crippen LogP contribution in [0.3, 0.4) is 0 Å². The van der Waals surface area contributed by atoms with Crippen molar-refractivity contribution in [3.63, 3.8) is 0 Å². The molecule has 3 aromatic rings. The Labute approximate surface area is 193 Å². The number of guanidine groups is 1. The SMILES string of the molecule is CCNC(=NCCc1nccn1Cc1ccccc1)NCCc1csc(C)n1.I. The summed E-state index contributed by atoms with van der Waals surface area (Å²) in [5, 5.41) is 9.92. The first kappa shape index (κ1) is 23.3. The Morgan fingerprint density at radius 3 is 2.72 bits per heavy atom. The van der Waals surface area contributed by atoms with Crippen molar-refractivity contribution in [3.8, 4) is 0 Å². The Bertz CT molecular complexity index is 874. The summed E-state index contributed by atoms with van der Waals surface area (Å²) in [5.41, 5.74) is 2.41. The summed E-state index contributed by atoms with van der Waals surface area (Å²) in [6, 6.07) is 10.4. The number of hydrogen-bond acceptors (Lipinski definition) is 4. The van der Waals surface area contributed by atoms with Crippen molar-refractivity contribution in [3.05, 3.63) is 70.2 Å². The van der Waals surface area contributed by atoms with Crippen molar-refractivity contribution < 1.29 is 0 Å². The van der Waals surface area contributed by atoms with E-state index in [4.69, 9.17) is 4.99 Å². The second kappa shape index (κ2) is 12.6. The number of rotatable bonds is 9. The molecule has 0 atom stereocenters. The fourth-order valence-electron chi connectivity index (χ4n) is 2.93. The Balaban J connectivity index is 0.00000300. The van der Waals surface area contributed by atoms with E-state index in [9.17, 15) is 0 Å². The first-order valence-corrected chi connectivity index (χ1v) is 10.6. The third-order valence-electron chi connectivity index (χ3n) is 4.29. The number of imidazole rings is 1. The lowest BCUT2D eigenvalue weighted by Crippen LogP contribution is -2.38. The second-order valence-electron chi connectivity index (χ2n) is 6.50. The smallest absolute Gasteiger partial charge is 0.191 e. The summed E-state index contributed by atoms with van der Waals surface area (Å²) < 4.78 is 2.19. The highest BCUT2D eigenvalue weighted by atomic mass is 127. The molecule has 2 aromatic heterocycles.